The highest BCUT2D eigenvalue weighted by atomic mass is 32.2. The molecule has 0 spiro atoms. The van der Waals surface area contributed by atoms with E-state index in [9.17, 15) is 14.4 Å². The van der Waals surface area contributed by atoms with E-state index < -0.39 is 17.1 Å². The molecule has 160 valence electrons. The van der Waals surface area contributed by atoms with Crippen LogP contribution in [0.25, 0.3) is 6.08 Å². The fourth-order valence-corrected chi connectivity index (χ4v) is 4.77. The van der Waals surface area contributed by atoms with Gasteiger partial charge in [0.05, 0.1) is 4.91 Å². The second kappa shape index (κ2) is 8.98. The number of nitrogens with one attached hydrogen (secondary N) is 1. The molecule has 2 saturated heterocycles. The van der Waals surface area contributed by atoms with Crippen LogP contribution in [0.1, 0.15) is 29.5 Å². The van der Waals surface area contributed by atoms with Crippen LogP contribution in [0.2, 0.25) is 0 Å². The molecule has 31 heavy (non-hydrogen) atoms. The van der Waals surface area contributed by atoms with Gasteiger partial charge in [-0.25, -0.2) is 0 Å². The SMILES string of the molecule is Cc1cc(C)cc(NC(=O)CN2C(=O)S/C(=C/c3ccc(N4CCCC4)cc3)C2=O)c1. The topological polar surface area (TPSA) is 69.7 Å². The van der Waals surface area contributed by atoms with E-state index in [0.717, 1.165) is 46.4 Å². The highest BCUT2D eigenvalue weighted by molar-refractivity contribution is 8.18. The summed E-state index contributed by atoms with van der Waals surface area (Å²) in [7, 11) is 0. The molecule has 0 aromatic heterocycles. The van der Waals surface area contributed by atoms with Gasteiger partial charge in [0.2, 0.25) is 5.91 Å². The Labute approximate surface area is 186 Å². The molecular weight excluding hydrogens is 410 g/mol. The van der Waals surface area contributed by atoms with Crippen LogP contribution < -0.4 is 10.2 Å². The lowest BCUT2D eigenvalue weighted by atomic mass is 10.1. The quantitative estimate of drug-likeness (QED) is 0.697. The first-order chi connectivity index (χ1) is 14.9. The maximum Gasteiger partial charge on any atom is 0.294 e. The van der Waals surface area contributed by atoms with E-state index in [4.69, 9.17) is 0 Å². The van der Waals surface area contributed by atoms with Crippen molar-refractivity contribution in [2.75, 3.05) is 29.9 Å². The Hall–Kier alpha value is -3.06. The molecule has 2 fully saturated rings. The zero-order chi connectivity index (χ0) is 22.0. The number of benzene rings is 2. The zero-order valence-corrected chi connectivity index (χ0v) is 18.5. The molecule has 0 unspecified atom stereocenters. The number of thioether (sulfide) groups is 1. The van der Waals surface area contributed by atoms with Crippen molar-refractivity contribution in [2.24, 2.45) is 0 Å². The third-order valence-corrected chi connectivity index (χ3v) is 6.25. The van der Waals surface area contributed by atoms with Crippen LogP contribution in [0.15, 0.2) is 47.4 Å². The van der Waals surface area contributed by atoms with E-state index >= 15 is 0 Å². The third-order valence-electron chi connectivity index (χ3n) is 5.34. The Morgan fingerprint density at radius 2 is 1.68 bits per heavy atom. The molecular formula is C24H25N3O3S. The second-order valence-electron chi connectivity index (χ2n) is 7.98. The van der Waals surface area contributed by atoms with Gasteiger partial charge in [-0.3, -0.25) is 19.3 Å². The van der Waals surface area contributed by atoms with Gasteiger partial charge in [-0.2, -0.15) is 0 Å². The van der Waals surface area contributed by atoms with E-state index in [1.807, 2.05) is 56.3 Å². The van der Waals surface area contributed by atoms with E-state index in [1.165, 1.54) is 18.5 Å². The molecule has 0 aliphatic carbocycles. The van der Waals surface area contributed by atoms with Crippen LogP contribution in [-0.2, 0) is 9.59 Å². The van der Waals surface area contributed by atoms with Gasteiger partial charge in [0, 0.05) is 24.5 Å². The fourth-order valence-electron chi connectivity index (χ4n) is 3.94. The van der Waals surface area contributed by atoms with Crippen LogP contribution in [0.3, 0.4) is 0 Å². The largest absolute Gasteiger partial charge is 0.372 e. The second-order valence-corrected chi connectivity index (χ2v) is 8.97. The minimum absolute atomic E-state index is 0.303. The Balaban J connectivity index is 1.41. The first-order valence-corrected chi connectivity index (χ1v) is 11.2. The van der Waals surface area contributed by atoms with Gasteiger partial charge in [0.15, 0.2) is 0 Å². The molecule has 0 radical (unpaired) electrons. The van der Waals surface area contributed by atoms with Gasteiger partial charge in [-0.1, -0.05) is 18.2 Å². The molecule has 6 nitrogen and oxygen atoms in total. The number of nitrogens with zero attached hydrogens (tertiary/aromatic N) is 2. The molecule has 2 aliphatic heterocycles. The van der Waals surface area contributed by atoms with Crippen molar-refractivity contribution in [1.29, 1.82) is 0 Å². The number of rotatable bonds is 5. The Bertz CT molecular complexity index is 1040. The molecule has 0 bridgehead atoms. The summed E-state index contributed by atoms with van der Waals surface area (Å²) in [6.07, 6.45) is 4.14. The average molecular weight is 436 g/mol. The van der Waals surface area contributed by atoms with Gasteiger partial charge in [0.25, 0.3) is 11.1 Å². The molecule has 0 saturated carbocycles. The van der Waals surface area contributed by atoms with E-state index in [-0.39, 0.29) is 6.54 Å². The highest BCUT2D eigenvalue weighted by Crippen LogP contribution is 2.32. The first-order valence-electron chi connectivity index (χ1n) is 10.4. The lowest BCUT2D eigenvalue weighted by Gasteiger charge is -2.17. The first kappa shape index (κ1) is 21.2. The van der Waals surface area contributed by atoms with Crippen molar-refractivity contribution < 1.29 is 14.4 Å². The summed E-state index contributed by atoms with van der Waals surface area (Å²) in [5.41, 5.74) is 4.74. The predicted octanol–water partition coefficient (Wildman–Crippen LogP) is 4.58. The van der Waals surface area contributed by atoms with Crippen LogP contribution in [0, 0.1) is 13.8 Å². The fraction of sp³-hybridized carbons (Fsp3) is 0.292. The Kier molecular flexibility index (Phi) is 6.13. The van der Waals surface area contributed by atoms with Gasteiger partial charge in [-0.15, -0.1) is 0 Å². The molecule has 7 heteroatoms. The monoisotopic (exact) mass is 435 g/mol. The van der Waals surface area contributed by atoms with Crippen LogP contribution in [-0.4, -0.2) is 41.6 Å². The van der Waals surface area contributed by atoms with Gasteiger partial charge in [0.1, 0.15) is 6.54 Å². The summed E-state index contributed by atoms with van der Waals surface area (Å²) >= 11 is 0.867. The summed E-state index contributed by atoms with van der Waals surface area (Å²) in [5.74, 6) is -0.835. The Morgan fingerprint density at radius 3 is 2.32 bits per heavy atom. The number of amides is 3. The molecule has 3 amide bonds. The average Bonchev–Trinajstić information content (AvgIpc) is 3.33. The maximum atomic E-state index is 12.7. The summed E-state index contributed by atoms with van der Waals surface area (Å²) in [6, 6.07) is 13.7. The van der Waals surface area contributed by atoms with Crippen LogP contribution in [0.5, 0.6) is 0 Å². The molecule has 2 aromatic rings. The molecule has 2 aliphatic rings. The van der Waals surface area contributed by atoms with Crippen molar-refractivity contribution >= 4 is 46.3 Å². The van der Waals surface area contributed by atoms with Crippen molar-refractivity contribution in [3.8, 4) is 0 Å². The number of aryl methyl sites for hydroxylation is 2. The van der Waals surface area contributed by atoms with E-state index in [1.54, 1.807) is 6.08 Å². The predicted molar refractivity (Wildman–Crippen MR) is 125 cm³/mol. The van der Waals surface area contributed by atoms with E-state index in [2.05, 4.69) is 10.2 Å². The number of anilines is 2. The summed E-state index contributed by atoms with van der Waals surface area (Å²) in [6.45, 7) is 5.73. The molecule has 2 aromatic carbocycles. The zero-order valence-electron chi connectivity index (χ0n) is 17.7. The minimum Gasteiger partial charge on any atom is -0.372 e. The van der Waals surface area contributed by atoms with Crippen molar-refractivity contribution in [3.63, 3.8) is 0 Å². The number of imide groups is 1. The summed E-state index contributed by atoms with van der Waals surface area (Å²) in [4.78, 5) is 41.2. The van der Waals surface area contributed by atoms with E-state index in [0.29, 0.717) is 10.6 Å². The number of carbonyl (C=O) groups is 3. The van der Waals surface area contributed by atoms with Gasteiger partial charge in [-0.05, 0) is 85.5 Å². The maximum absolute atomic E-state index is 12.7. The molecule has 4 rings (SSSR count). The summed E-state index contributed by atoms with van der Waals surface area (Å²) < 4.78 is 0. The molecule has 1 N–H and O–H groups in total. The van der Waals surface area contributed by atoms with Crippen molar-refractivity contribution in [1.82, 2.24) is 4.90 Å². The number of hydrogen-bond donors (Lipinski definition) is 1. The number of hydrogen-bond acceptors (Lipinski definition) is 5. The number of carbonyl (C=O) groups excluding carboxylic acids is 3. The third kappa shape index (κ3) is 4.99. The van der Waals surface area contributed by atoms with Gasteiger partial charge >= 0.3 is 0 Å². The van der Waals surface area contributed by atoms with Crippen molar-refractivity contribution in [3.05, 3.63) is 64.1 Å². The smallest absolute Gasteiger partial charge is 0.294 e. The lowest BCUT2D eigenvalue weighted by Crippen LogP contribution is -2.36. The normalized spacial score (nSPS) is 17.7. The van der Waals surface area contributed by atoms with Crippen molar-refractivity contribution in [2.45, 2.75) is 26.7 Å². The standard InChI is InChI=1S/C24H25N3O3S/c1-16-11-17(2)13-19(12-16)25-22(28)15-27-23(29)21(31-24(27)30)14-18-5-7-20(8-6-18)26-9-3-4-10-26/h5-8,11-14H,3-4,9-10,15H2,1-2H3,(H,25,28)/b21-14+. The molecule has 0 atom stereocenters. The summed E-state index contributed by atoms with van der Waals surface area (Å²) in [5, 5.41) is 2.34. The lowest BCUT2D eigenvalue weighted by molar-refractivity contribution is -0.127. The van der Waals surface area contributed by atoms with Crippen LogP contribution >= 0.6 is 11.8 Å². The molecule has 2 heterocycles. The minimum atomic E-state index is -0.436. The van der Waals surface area contributed by atoms with Gasteiger partial charge < -0.3 is 10.2 Å². The Morgan fingerprint density at radius 1 is 1.03 bits per heavy atom. The van der Waals surface area contributed by atoms with Crippen LogP contribution in [0.4, 0.5) is 16.2 Å². The highest BCUT2D eigenvalue weighted by Gasteiger charge is 2.36.